The smallest absolute Gasteiger partial charge is 0.370 e. The molecule has 0 saturated heterocycles. The van der Waals surface area contributed by atoms with Gasteiger partial charge < -0.3 is 14.0 Å². The zero-order valence-electron chi connectivity index (χ0n) is 18.4. The number of nitrogens with two attached hydrogens (primary N) is 2. The number of ether oxygens (including phenoxy) is 2. The maximum Gasteiger partial charge on any atom is 0.370 e. The number of carbonyl (C=O) groups excluding carboxylic acids is 1. The van der Waals surface area contributed by atoms with Gasteiger partial charge in [0.2, 0.25) is 0 Å². The highest BCUT2D eigenvalue weighted by Crippen LogP contribution is 2.41. The van der Waals surface area contributed by atoms with Crippen LogP contribution in [0.4, 0.5) is 0 Å². The van der Waals surface area contributed by atoms with Gasteiger partial charge in [0.1, 0.15) is 11.3 Å². The molecule has 0 spiro atoms. The van der Waals surface area contributed by atoms with Crippen LogP contribution in [-0.2, 0) is 11.2 Å². The standard InChI is InChI=1S/C22H28ClN5O4/c1-12(2)17-7-13-8-20(32-6-4-5-31-3)16(23)9-14(13)18-10-19(29)15(11-28(17)18)21(30)26-22(24)27-25/h8-12,17H,4-7,25H2,1-3H3,(H3,24,26,27,30)/p+1/t17-/m0/s1. The number of pyridine rings is 1. The van der Waals surface area contributed by atoms with Crippen molar-refractivity contribution in [2.24, 2.45) is 17.5 Å². The van der Waals surface area contributed by atoms with Crippen molar-refractivity contribution in [3.63, 3.8) is 0 Å². The molecule has 1 aliphatic rings. The lowest BCUT2D eigenvalue weighted by Gasteiger charge is -2.33. The first-order valence-corrected chi connectivity index (χ1v) is 10.8. The number of aromatic nitrogens is 1. The molecule has 0 bridgehead atoms. The lowest BCUT2D eigenvalue weighted by Crippen LogP contribution is -2.85. The number of benzene rings is 1. The largest absolute Gasteiger partial charge is 0.492 e. The second kappa shape index (κ2) is 10.1. The number of nitrogens with zero attached hydrogens (tertiary/aromatic N) is 1. The maximum atomic E-state index is 12.8. The second-order valence-corrected chi connectivity index (χ2v) is 8.41. The highest BCUT2D eigenvalue weighted by Gasteiger charge is 2.29. The molecule has 1 amide bonds. The van der Waals surface area contributed by atoms with Gasteiger partial charge in [0, 0.05) is 44.0 Å². The van der Waals surface area contributed by atoms with Gasteiger partial charge in [0.25, 0.3) is 0 Å². The lowest BCUT2D eigenvalue weighted by atomic mass is 9.87. The number of carbonyl (C=O) groups is 1. The Morgan fingerprint density at radius 3 is 2.75 bits per heavy atom. The van der Waals surface area contributed by atoms with Crippen molar-refractivity contribution < 1.29 is 19.4 Å². The molecule has 0 radical (unpaired) electrons. The predicted octanol–water partition coefficient (Wildman–Crippen LogP) is 0.336. The number of fused-ring (bicyclic) bond motifs is 3. The van der Waals surface area contributed by atoms with Crippen LogP contribution in [0.5, 0.6) is 5.75 Å². The lowest BCUT2D eigenvalue weighted by molar-refractivity contribution is -0.472. The van der Waals surface area contributed by atoms with Crippen molar-refractivity contribution in [3.8, 4) is 17.0 Å². The summed E-state index contributed by atoms with van der Waals surface area (Å²) in [7, 11) is 1.65. The molecular weight excluding hydrogens is 434 g/mol. The number of rotatable bonds is 7. The second-order valence-electron chi connectivity index (χ2n) is 8.01. The zero-order chi connectivity index (χ0) is 23.4. The average molecular weight is 463 g/mol. The van der Waals surface area contributed by atoms with Crippen molar-refractivity contribution in [2.45, 2.75) is 32.7 Å². The third-order valence-corrected chi connectivity index (χ3v) is 5.76. The van der Waals surface area contributed by atoms with Gasteiger partial charge in [-0.15, -0.1) is 0 Å². The van der Waals surface area contributed by atoms with Crippen LogP contribution in [0.3, 0.4) is 0 Å². The fraction of sp³-hybridized carbons (Fsp3) is 0.409. The summed E-state index contributed by atoms with van der Waals surface area (Å²) in [6.07, 6.45) is 3.03. The molecule has 1 aromatic carbocycles. The summed E-state index contributed by atoms with van der Waals surface area (Å²) in [5.41, 5.74) is 7.66. The number of hydrazine groups is 1. The number of nitrogens with one attached hydrogen (secondary N) is 2. The first-order chi connectivity index (χ1) is 15.3. The SMILES string of the molecule is COCCCOc1cc2c(cc1Cl)-c1cc(=O)c(C(=O)NC(N)=[NH+]N)cn1[C@H](C(C)C)C2. The highest BCUT2D eigenvalue weighted by molar-refractivity contribution is 6.32. The zero-order valence-corrected chi connectivity index (χ0v) is 19.2. The summed E-state index contributed by atoms with van der Waals surface area (Å²) in [5.74, 6) is 5.26. The number of amides is 1. The number of halogens is 1. The van der Waals surface area contributed by atoms with Gasteiger partial charge in [-0.1, -0.05) is 25.4 Å². The summed E-state index contributed by atoms with van der Waals surface area (Å²) in [6, 6.07) is 5.25. The van der Waals surface area contributed by atoms with E-state index in [1.54, 1.807) is 13.3 Å². The van der Waals surface area contributed by atoms with Crippen LogP contribution in [-0.4, -0.2) is 36.8 Å². The normalized spacial score (nSPS) is 15.3. The van der Waals surface area contributed by atoms with Crippen LogP contribution in [0.15, 0.2) is 29.2 Å². The number of hydrogen-bond acceptors (Lipinski definition) is 5. The molecule has 1 aliphatic heterocycles. The van der Waals surface area contributed by atoms with Crippen LogP contribution in [0.2, 0.25) is 5.02 Å². The molecular formula is C22H29ClN5O4+. The van der Waals surface area contributed by atoms with Crippen LogP contribution in [0, 0.1) is 5.92 Å². The third kappa shape index (κ3) is 4.89. The Hall–Kier alpha value is -3.04. The molecule has 0 fully saturated rings. The fourth-order valence-electron chi connectivity index (χ4n) is 3.82. The van der Waals surface area contributed by atoms with E-state index >= 15 is 0 Å². The van der Waals surface area contributed by atoms with Crippen molar-refractivity contribution in [3.05, 3.63) is 50.8 Å². The fourth-order valence-corrected chi connectivity index (χ4v) is 4.03. The Labute approximate surface area is 191 Å². The first kappa shape index (κ1) is 23.6. The monoisotopic (exact) mass is 462 g/mol. The summed E-state index contributed by atoms with van der Waals surface area (Å²) in [6.45, 7) is 5.29. The Morgan fingerprint density at radius 2 is 2.09 bits per heavy atom. The molecule has 32 heavy (non-hydrogen) atoms. The molecule has 6 N–H and O–H groups in total. The third-order valence-electron chi connectivity index (χ3n) is 5.47. The molecule has 0 saturated carbocycles. The average Bonchev–Trinajstić information content (AvgIpc) is 2.75. The Morgan fingerprint density at radius 1 is 1.34 bits per heavy atom. The van der Waals surface area contributed by atoms with Crippen LogP contribution in [0.25, 0.3) is 11.3 Å². The summed E-state index contributed by atoms with van der Waals surface area (Å²) in [5, 5.41) is 4.96. The van der Waals surface area contributed by atoms with Crippen molar-refractivity contribution in [2.75, 3.05) is 20.3 Å². The van der Waals surface area contributed by atoms with Crippen molar-refractivity contribution >= 4 is 23.5 Å². The van der Waals surface area contributed by atoms with Gasteiger partial charge in [-0.2, -0.15) is 5.10 Å². The van der Waals surface area contributed by atoms with Gasteiger partial charge in [-0.3, -0.25) is 21.2 Å². The molecule has 10 heteroatoms. The van der Waals surface area contributed by atoms with E-state index in [0.29, 0.717) is 36.1 Å². The molecule has 1 aromatic heterocycles. The van der Waals surface area contributed by atoms with Crippen LogP contribution < -0.4 is 32.2 Å². The topological polar surface area (TPSA) is 136 Å². The van der Waals surface area contributed by atoms with E-state index in [9.17, 15) is 9.59 Å². The molecule has 9 nitrogen and oxygen atoms in total. The molecule has 2 aromatic rings. The maximum absolute atomic E-state index is 12.8. The summed E-state index contributed by atoms with van der Waals surface area (Å²) >= 11 is 6.49. The molecule has 2 heterocycles. The molecule has 172 valence electrons. The Kier molecular flexibility index (Phi) is 7.42. The molecule has 0 aliphatic carbocycles. The van der Waals surface area contributed by atoms with Crippen molar-refractivity contribution in [1.82, 2.24) is 9.88 Å². The first-order valence-electron chi connectivity index (χ1n) is 10.4. The summed E-state index contributed by atoms with van der Waals surface area (Å²) in [4.78, 5) is 25.3. The number of hydrogen-bond donors (Lipinski definition) is 4. The van der Waals surface area contributed by atoms with E-state index in [-0.39, 0.29) is 23.5 Å². The minimum absolute atomic E-state index is 0.0229. The predicted molar refractivity (Wildman–Crippen MR) is 123 cm³/mol. The van der Waals surface area contributed by atoms with Gasteiger partial charge >= 0.3 is 11.9 Å². The minimum Gasteiger partial charge on any atom is -0.492 e. The van der Waals surface area contributed by atoms with E-state index in [4.69, 9.17) is 32.7 Å². The molecule has 3 rings (SSSR count). The number of guanidine groups is 1. The van der Waals surface area contributed by atoms with Crippen LogP contribution in [0.1, 0.15) is 42.2 Å². The quantitative estimate of drug-likeness (QED) is 0.154. The van der Waals surface area contributed by atoms with Gasteiger partial charge in [-0.05, 0) is 30.0 Å². The molecule has 0 unspecified atom stereocenters. The van der Waals surface area contributed by atoms with E-state index in [0.717, 1.165) is 17.5 Å². The summed E-state index contributed by atoms with van der Waals surface area (Å²) < 4.78 is 12.9. The van der Waals surface area contributed by atoms with Gasteiger partial charge in [0.15, 0.2) is 5.43 Å². The van der Waals surface area contributed by atoms with E-state index in [1.165, 1.54) is 6.07 Å². The van der Waals surface area contributed by atoms with E-state index in [1.807, 2.05) is 16.7 Å². The number of methoxy groups -OCH3 is 1. The highest BCUT2D eigenvalue weighted by atomic mass is 35.5. The van der Waals surface area contributed by atoms with Gasteiger partial charge in [0.05, 0.1) is 17.3 Å². The Balaban J connectivity index is 2.04. The Bertz CT molecular complexity index is 1100. The molecule has 1 atom stereocenters. The number of hydrazone groups is 1. The van der Waals surface area contributed by atoms with Crippen LogP contribution >= 0.6 is 11.6 Å². The van der Waals surface area contributed by atoms with Crippen molar-refractivity contribution in [1.29, 1.82) is 0 Å². The van der Waals surface area contributed by atoms with Gasteiger partial charge in [-0.25, -0.2) is 5.32 Å². The van der Waals surface area contributed by atoms with E-state index in [2.05, 4.69) is 24.3 Å². The van der Waals surface area contributed by atoms with E-state index < -0.39 is 11.3 Å². The minimum atomic E-state index is -0.633.